The van der Waals surface area contributed by atoms with Gasteiger partial charge < -0.3 is 5.32 Å². The minimum absolute atomic E-state index is 0.0209. The number of amides is 1. The Balaban J connectivity index is 2.02. The fourth-order valence-corrected chi connectivity index (χ4v) is 1.88. The first-order valence-electron chi connectivity index (χ1n) is 6.97. The fraction of sp³-hybridized carbons (Fsp3) is 0.294. The molecule has 0 aliphatic heterocycles. The average molecular weight is 283 g/mol. The van der Waals surface area contributed by atoms with E-state index in [1.165, 1.54) is 6.08 Å². The van der Waals surface area contributed by atoms with E-state index >= 15 is 0 Å². The van der Waals surface area contributed by atoms with Gasteiger partial charge in [-0.1, -0.05) is 45.0 Å². The lowest BCUT2D eigenvalue weighted by Gasteiger charge is -2.14. The van der Waals surface area contributed by atoms with E-state index in [2.05, 4.69) is 36.3 Å². The quantitative estimate of drug-likeness (QED) is 0.844. The van der Waals surface area contributed by atoms with Gasteiger partial charge in [0.15, 0.2) is 5.82 Å². The van der Waals surface area contributed by atoms with Crippen molar-refractivity contribution < 1.29 is 4.79 Å². The predicted octanol–water partition coefficient (Wildman–Crippen LogP) is 3.67. The highest BCUT2D eigenvalue weighted by Gasteiger charge is 2.16. The van der Waals surface area contributed by atoms with Crippen molar-refractivity contribution in [2.75, 3.05) is 5.32 Å². The first-order chi connectivity index (χ1) is 9.86. The standard InChI is InChI=1S/C17H21N3O/c1-12-7-5-6-8-13(12)9-10-16(21)18-15-11-14(19-20-15)17(2,3)4/h5-11H,1-4H3,(H2,18,19,20,21)/b10-9+. The molecule has 1 aromatic heterocycles. The van der Waals surface area contributed by atoms with E-state index in [1.54, 1.807) is 0 Å². The number of carbonyl (C=O) groups is 1. The summed E-state index contributed by atoms with van der Waals surface area (Å²) in [5, 5.41) is 9.81. The number of aromatic nitrogens is 2. The first-order valence-corrected chi connectivity index (χ1v) is 6.97. The lowest BCUT2D eigenvalue weighted by Crippen LogP contribution is -2.11. The maximum atomic E-state index is 11.9. The van der Waals surface area contributed by atoms with Gasteiger partial charge in [0, 0.05) is 23.3 Å². The van der Waals surface area contributed by atoms with Crippen LogP contribution in [0.5, 0.6) is 0 Å². The third-order valence-electron chi connectivity index (χ3n) is 3.24. The Labute approximate surface area is 125 Å². The summed E-state index contributed by atoms with van der Waals surface area (Å²) in [7, 11) is 0. The number of carbonyl (C=O) groups excluding carboxylic acids is 1. The van der Waals surface area contributed by atoms with E-state index < -0.39 is 0 Å². The van der Waals surface area contributed by atoms with Gasteiger partial charge in [0.05, 0.1) is 0 Å². The Morgan fingerprint density at radius 1 is 1.29 bits per heavy atom. The Hall–Kier alpha value is -2.36. The smallest absolute Gasteiger partial charge is 0.249 e. The van der Waals surface area contributed by atoms with Gasteiger partial charge in [-0.25, -0.2) is 0 Å². The Bertz CT molecular complexity index is 663. The highest BCUT2D eigenvalue weighted by atomic mass is 16.1. The van der Waals surface area contributed by atoms with Crippen molar-refractivity contribution in [3.05, 3.63) is 53.2 Å². The molecule has 0 aliphatic rings. The molecule has 110 valence electrons. The van der Waals surface area contributed by atoms with Gasteiger partial charge in [-0.3, -0.25) is 9.89 Å². The van der Waals surface area contributed by atoms with Gasteiger partial charge in [-0.15, -0.1) is 0 Å². The molecule has 0 bridgehead atoms. The maximum absolute atomic E-state index is 11.9. The van der Waals surface area contributed by atoms with Crippen LogP contribution in [0.3, 0.4) is 0 Å². The SMILES string of the molecule is Cc1ccccc1/C=C/C(=O)Nc1cc(C(C)(C)C)[nH]n1. The van der Waals surface area contributed by atoms with Crippen molar-refractivity contribution in [2.45, 2.75) is 33.1 Å². The number of nitrogens with zero attached hydrogens (tertiary/aromatic N) is 1. The van der Waals surface area contributed by atoms with Gasteiger partial charge in [0.25, 0.3) is 0 Å². The van der Waals surface area contributed by atoms with E-state index in [-0.39, 0.29) is 11.3 Å². The summed E-state index contributed by atoms with van der Waals surface area (Å²) in [5.74, 6) is 0.351. The molecule has 0 fully saturated rings. The molecule has 0 saturated carbocycles. The summed E-state index contributed by atoms with van der Waals surface area (Å²) >= 11 is 0. The van der Waals surface area contributed by atoms with E-state index in [0.29, 0.717) is 5.82 Å². The number of hydrogen-bond donors (Lipinski definition) is 2. The summed E-state index contributed by atoms with van der Waals surface area (Å²) < 4.78 is 0. The molecule has 4 heteroatoms. The van der Waals surface area contributed by atoms with Crippen LogP contribution >= 0.6 is 0 Å². The van der Waals surface area contributed by atoms with Crippen LogP contribution in [-0.4, -0.2) is 16.1 Å². The summed E-state index contributed by atoms with van der Waals surface area (Å²) in [5.41, 5.74) is 3.13. The topological polar surface area (TPSA) is 57.8 Å². The number of anilines is 1. The highest BCUT2D eigenvalue weighted by molar-refractivity contribution is 6.01. The second-order valence-electron chi connectivity index (χ2n) is 6.10. The molecule has 1 aromatic carbocycles. The van der Waals surface area contributed by atoms with E-state index in [1.807, 2.05) is 43.3 Å². The van der Waals surface area contributed by atoms with Crippen LogP contribution in [0, 0.1) is 6.92 Å². The largest absolute Gasteiger partial charge is 0.306 e. The molecular formula is C17H21N3O. The van der Waals surface area contributed by atoms with Gasteiger partial charge >= 0.3 is 0 Å². The molecule has 0 aliphatic carbocycles. The predicted molar refractivity (Wildman–Crippen MR) is 86.1 cm³/mol. The van der Waals surface area contributed by atoms with Gasteiger partial charge in [-0.2, -0.15) is 5.10 Å². The van der Waals surface area contributed by atoms with E-state index in [9.17, 15) is 4.79 Å². The normalized spacial score (nSPS) is 11.8. The summed E-state index contributed by atoms with van der Waals surface area (Å²) in [6.45, 7) is 8.28. The number of aryl methyl sites for hydroxylation is 1. The van der Waals surface area contributed by atoms with Gasteiger partial charge in [0.1, 0.15) is 0 Å². The molecular weight excluding hydrogens is 262 g/mol. The van der Waals surface area contributed by atoms with Crippen LogP contribution in [0.25, 0.3) is 6.08 Å². The third kappa shape index (κ3) is 4.05. The van der Waals surface area contributed by atoms with Gasteiger partial charge in [0.2, 0.25) is 5.91 Å². The highest BCUT2D eigenvalue weighted by Crippen LogP contribution is 2.21. The van der Waals surface area contributed by atoms with Crippen LogP contribution in [0.4, 0.5) is 5.82 Å². The Kier molecular flexibility index (Phi) is 4.26. The zero-order valence-corrected chi connectivity index (χ0v) is 12.9. The molecule has 0 saturated heterocycles. The lowest BCUT2D eigenvalue weighted by molar-refractivity contribution is -0.111. The van der Waals surface area contributed by atoms with Crippen LogP contribution in [-0.2, 0) is 10.2 Å². The molecule has 1 heterocycles. The summed E-state index contributed by atoms with van der Waals surface area (Å²) in [4.78, 5) is 11.9. The molecule has 4 nitrogen and oxygen atoms in total. The molecule has 1 amide bonds. The number of aromatic amines is 1. The van der Waals surface area contributed by atoms with Gasteiger partial charge in [-0.05, 0) is 24.1 Å². The monoisotopic (exact) mass is 283 g/mol. The van der Waals surface area contributed by atoms with Crippen molar-refractivity contribution in [2.24, 2.45) is 0 Å². The molecule has 0 spiro atoms. The fourth-order valence-electron chi connectivity index (χ4n) is 1.88. The number of benzene rings is 1. The Morgan fingerprint density at radius 2 is 2.00 bits per heavy atom. The summed E-state index contributed by atoms with van der Waals surface area (Å²) in [6, 6.07) is 9.78. The van der Waals surface area contributed by atoms with Crippen molar-refractivity contribution >= 4 is 17.8 Å². The van der Waals surface area contributed by atoms with E-state index in [4.69, 9.17) is 0 Å². The van der Waals surface area contributed by atoms with Crippen molar-refractivity contribution in [3.8, 4) is 0 Å². The molecule has 0 radical (unpaired) electrons. The lowest BCUT2D eigenvalue weighted by atomic mass is 9.92. The van der Waals surface area contributed by atoms with Crippen molar-refractivity contribution in [3.63, 3.8) is 0 Å². The summed E-state index contributed by atoms with van der Waals surface area (Å²) in [6.07, 6.45) is 3.33. The average Bonchev–Trinajstić information content (AvgIpc) is 2.86. The number of hydrogen-bond acceptors (Lipinski definition) is 2. The number of H-pyrrole nitrogens is 1. The molecule has 21 heavy (non-hydrogen) atoms. The molecule has 2 rings (SSSR count). The maximum Gasteiger partial charge on any atom is 0.249 e. The second kappa shape index (κ2) is 5.95. The number of nitrogens with one attached hydrogen (secondary N) is 2. The zero-order valence-electron chi connectivity index (χ0n) is 12.9. The van der Waals surface area contributed by atoms with Crippen molar-refractivity contribution in [1.82, 2.24) is 10.2 Å². The van der Waals surface area contributed by atoms with Crippen molar-refractivity contribution in [1.29, 1.82) is 0 Å². The molecule has 0 atom stereocenters. The van der Waals surface area contributed by atoms with Crippen LogP contribution in [0.1, 0.15) is 37.6 Å². The zero-order chi connectivity index (χ0) is 15.5. The van der Waals surface area contributed by atoms with Crippen LogP contribution < -0.4 is 5.32 Å². The molecule has 2 N–H and O–H groups in total. The minimum Gasteiger partial charge on any atom is -0.306 e. The molecule has 2 aromatic rings. The first kappa shape index (κ1) is 15.0. The minimum atomic E-state index is -0.190. The van der Waals surface area contributed by atoms with Crippen LogP contribution in [0.15, 0.2) is 36.4 Å². The Morgan fingerprint density at radius 3 is 2.62 bits per heavy atom. The second-order valence-corrected chi connectivity index (χ2v) is 6.10. The number of rotatable bonds is 3. The van der Waals surface area contributed by atoms with E-state index in [0.717, 1.165) is 16.8 Å². The van der Waals surface area contributed by atoms with Crippen LogP contribution in [0.2, 0.25) is 0 Å². The molecule has 0 unspecified atom stereocenters. The third-order valence-corrected chi connectivity index (χ3v) is 3.24.